The number of ether oxygens (including phenoxy) is 1. The summed E-state index contributed by atoms with van der Waals surface area (Å²) in [7, 11) is 2.08. The lowest BCUT2D eigenvalue weighted by molar-refractivity contribution is 0.0526. The molecule has 3 heterocycles. The average Bonchev–Trinajstić information content (AvgIpc) is 2.94. The Kier molecular flexibility index (Phi) is 8.23. The molecule has 39 heavy (non-hydrogen) atoms. The van der Waals surface area contributed by atoms with Crippen LogP contribution < -0.4 is 15.1 Å². The maximum Gasteiger partial charge on any atom is 0.226 e. The quantitative estimate of drug-likeness (QED) is 0.459. The van der Waals surface area contributed by atoms with Crippen molar-refractivity contribution in [2.24, 2.45) is 0 Å². The number of nitrogens with one attached hydrogen (secondary N) is 1. The molecule has 0 unspecified atom stereocenters. The summed E-state index contributed by atoms with van der Waals surface area (Å²) in [4.78, 5) is 15.6. The van der Waals surface area contributed by atoms with Crippen LogP contribution in [0.5, 0.6) is 0 Å². The summed E-state index contributed by atoms with van der Waals surface area (Å²) in [6.45, 7) is 7.88. The average molecular weight is 541 g/mol. The fraction of sp³-hybridized carbons (Fsp3) is 0.448. The third kappa shape index (κ3) is 6.12. The molecule has 1 aromatic heterocycles. The number of nitrogens with zero attached hydrogens (tertiary/aromatic N) is 5. The molecule has 3 aromatic rings. The Balaban J connectivity index is 1.50. The predicted octanol–water partition coefficient (Wildman–Crippen LogP) is 4.87. The Morgan fingerprint density at radius 3 is 2.62 bits per heavy atom. The Labute approximate surface area is 227 Å². The molecule has 0 spiro atoms. The van der Waals surface area contributed by atoms with Crippen molar-refractivity contribution in [3.05, 3.63) is 65.4 Å². The van der Waals surface area contributed by atoms with Gasteiger partial charge in [0, 0.05) is 57.1 Å². The van der Waals surface area contributed by atoms with Crippen LogP contribution in [0.3, 0.4) is 0 Å². The number of aromatic nitrogens is 2. The summed E-state index contributed by atoms with van der Waals surface area (Å²) < 4.78 is 48.7. The molecule has 2 saturated heterocycles. The van der Waals surface area contributed by atoms with Gasteiger partial charge in [-0.05, 0) is 62.4 Å². The fourth-order valence-corrected chi connectivity index (χ4v) is 5.16. The van der Waals surface area contributed by atoms with E-state index in [1.165, 1.54) is 12.1 Å². The van der Waals surface area contributed by atoms with Gasteiger partial charge in [0.05, 0.1) is 29.8 Å². The van der Waals surface area contributed by atoms with Gasteiger partial charge in [-0.1, -0.05) is 6.07 Å². The Morgan fingerprint density at radius 1 is 1.00 bits per heavy atom. The number of piperazine rings is 1. The van der Waals surface area contributed by atoms with Crippen molar-refractivity contribution in [3.8, 4) is 11.3 Å². The number of likely N-dealkylation sites (N-methyl/N-ethyl adjacent to an activating group) is 1. The lowest BCUT2D eigenvalue weighted by Gasteiger charge is -2.40. The zero-order valence-corrected chi connectivity index (χ0v) is 22.6. The minimum absolute atomic E-state index is 0.0597. The van der Waals surface area contributed by atoms with Crippen molar-refractivity contribution in [2.75, 3.05) is 61.5 Å². The summed E-state index contributed by atoms with van der Waals surface area (Å²) in [6.07, 6.45) is 1.70. The second kappa shape index (κ2) is 11.8. The molecule has 5 rings (SSSR count). The summed E-state index contributed by atoms with van der Waals surface area (Å²) in [5, 5.41) is 3.39. The van der Waals surface area contributed by atoms with E-state index >= 15 is 4.39 Å². The van der Waals surface area contributed by atoms with Crippen molar-refractivity contribution in [2.45, 2.75) is 39.2 Å². The first-order valence-electron chi connectivity index (χ1n) is 13.4. The SMILES string of the molecule is C[C@H]1CN(c2nccc(-c3cc(NCc4ccc(F)cc4CF)c(N4CCN(C)[C@@H](C)C4)cc3F)n2)CCO1. The summed E-state index contributed by atoms with van der Waals surface area (Å²) in [5.74, 6) is -0.322. The van der Waals surface area contributed by atoms with Crippen molar-refractivity contribution in [3.63, 3.8) is 0 Å². The maximum atomic E-state index is 15.8. The highest BCUT2D eigenvalue weighted by molar-refractivity contribution is 5.78. The number of rotatable bonds is 7. The first kappa shape index (κ1) is 27.2. The summed E-state index contributed by atoms with van der Waals surface area (Å²) in [5.41, 5.74) is 3.20. The van der Waals surface area contributed by atoms with Gasteiger partial charge in [0.15, 0.2) is 0 Å². The highest BCUT2D eigenvalue weighted by atomic mass is 19.1. The number of halogens is 3. The predicted molar refractivity (Wildman–Crippen MR) is 148 cm³/mol. The number of hydrogen-bond acceptors (Lipinski definition) is 7. The fourth-order valence-electron chi connectivity index (χ4n) is 5.16. The van der Waals surface area contributed by atoms with Crippen LogP contribution in [0.15, 0.2) is 42.6 Å². The number of benzene rings is 2. The van der Waals surface area contributed by atoms with Crippen molar-refractivity contribution < 1.29 is 17.9 Å². The number of hydrogen-bond donors (Lipinski definition) is 1. The van der Waals surface area contributed by atoms with Gasteiger partial charge in [-0.15, -0.1) is 0 Å². The van der Waals surface area contributed by atoms with Crippen molar-refractivity contribution in [1.29, 1.82) is 0 Å². The highest BCUT2D eigenvalue weighted by Gasteiger charge is 2.25. The van der Waals surface area contributed by atoms with Gasteiger partial charge < -0.3 is 24.8 Å². The monoisotopic (exact) mass is 540 g/mol. The van der Waals surface area contributed by atoms with E-state index in [-0.39, 0.29) is 18.5 Å². The molecule has 2 aliphatic rings. The normalized spacial score (nSPS) is 20.4. The van der Waals surface area contributed by atoms with E-state index in [9.17, 15) is 8.78 Å². The van der Waals surface area contributed by atoms with Crippen LogP contribution in [-0.4, -0.2) is 73.4 Å². The molecular formula is C29H35F3N6O. The molecule has 2 fully saturated rings. The van der Waals surface area contributed by atoms with Gasteiger partial charge in [0.25, 0.3) is 0 Å². The maximum absolute atomic E-state index is 15.8. The standard InChI is InChI=1S/C29H35F3N6O/c1-19-17-37(9-8-36(19)3)28-14-25(32)24(13-27(28)34-16-21-4-5-23(31)12-22(21)15-30)26-6-7-33-29(35-26)38-10-11-39-20(2)18-38/h4-7,12-14,19-20,34H,8-11,15-18H2,1-3H3/t19-,20-/m0/s1. The van der Waals surface area contributed by atoms with Crippen molar-refractivity contribution in [1.82, 2.24) is 14.9 Å². The molecule has 0 radical (unpaired) electrons. The van der Waals surface area contributed by atoms with E-state index in [1.807, 2.05) is 11.8 Å². The molecule has 10 heteroatoms. The molecule has 208 valence electrons. The van der Waals surface area contributed by atoms with E-state index in [4.69, 9.17) is 9.72 Å². The number of anilines is 3. The first-order chi connectivity index (χ1) is 18.8. The summed E-state index contributed by atoms with van der Waals surface area (Å²) in [6, 6.07) is 9.43. The van der Waals surface area contributed by atoms with Crippen molar-refractivity contribution >= 4 is 17.3 Å². The minimum Gasteiger partial charge on any atom is -0.379 e. The van der Waals surface area contributed by atoms with Crippen LogP contribution in [0.1, 0.15) is 25.0 Å². The van der Waals surface area contributed by atoms with E-state index in [0.29, 0.717) is 59.8 Å². The smallest absolute Gasteiger partial charge is 0.226 e. The first-order valence-corrected chi connectivity index (χ1v) is 13.4. The van der Waals surface area contributed by atoms with Gasteiger partial charge in [-0.3, -0.25) is 0 Å². The minimum atomic E-state index is -0.768. The highest BCUT2D eigenvalue weighted by Crippen LogP contribution is 2.35. The molecule has 7 nitrogen and oxygen atoms in total. The van der Waals surface area contributed by atoms with Gasteiger partial charge in [-0.25, -0.2) is 23.1 Å². The third-order valence-corrected chi connectivity index (χ3v) is 7.61. The lowest BCUT2D eigenvalue weighted by atomic mass is 10.0. The molecule has 2 aliphatic heterocycles. The van der Waals surface area contributed by atoms with E-state index < -0.39 is 12.5 Å². The Morgan fingerprint density at radius 2 is 1.85 bits per heavy atom. The molecule has 2 aromatic carbocycles. The molecule has 2 atom stereocenters. The number of morpholine rings is 1. The van der Waals surface area contributed by atoms with Crippen LogP contribution >= 0.6 is 0 Å². The third-order valence-electron chi connectivity index (χ3n) is 7.61. The van der Waals surface area contributed by atoms with E-state index in [1.54, 1.807) is 30.5 Å². The zero-order valence-electron chi connectivity index (χ0n) is 22.6. The molecule has 0 bridgehead atoms. The largest absolute Gasteiger partial charge is 0.379 e. The number of alkyl halides is 1. The van der Waals surface area contributed by atoms with Gasteiger partial charge in [0.1, 0.15) is 18.3 Å². The molecule has 0 aliphatic carbocycles. The second-order valence-corrected chi connectivity index (χ2v) is 10.4. The van der Waals surface area contributed by atoms with Gasteiger partial charge in [-0.2, -0.15) is 0 Å². The van der Waals surface area contributed by atoms with Gasteiger partial charge in [0.2, 0.25) is 5.95 Å². The van der Waals surface area contributed by atoms with Gasteiger partial charge >= 0.3 is 0 Å². The molecule has 1 N–H and O–H groups in total. The molecule has 0 amide bonds. The Hall–Kier alpha value is -3.37. The topological polar surface area (TPSA) is 56.8 Å². The Bertz CT molecular complexity index is 1310. The molecular weight excluding hydrogens is 505 g/mol. The second-order valence-electron chi connectivity index (χ2n) is 10.4. The van der Waals surface area contributed by atoms with Crippen LogP contribution in [0.4, 0.5) is 30.5 Å². The van der Waals surface area contributed by atoms with Crippen LogP contribution in [-0.2, 0) is 18.0 Å². The zero-order chi connectivity index (χ0) is 27.5. The lowest BCUT2D eigenvalue weighted by Crippen LogP contribution is -2.50. The molecule has 0 saturated carbocycles. The van der Waals surface area contributed by atoms with Crippen LogP contribution in [0, 0.1) is 11.6 Å². The summed E-state index contributed by atoms with van der Waals surface area (Å²) >= 11 is 0. The van der Waals surface area contributed by atoms with Crippen LogP contribution in [0.25, 0.3) is 11.3 Å². The van der Waals surface area contributed by atoms with E-state index in [2.05, 4.69) is 34.1 Å². The van der Waals surface area contributed by atoms with E-state index in [0.717, 1.165) is 25.3 Å². The van der Waals surface area contributed by atoms with Crippen LogP contribution in [0.2, 0.25) is 0 Å².